The number of fused-ring (bicyclic) bond motifs is 1. The van der Waals surface area contributed by atoms with Crippen LogP contribution in [0.15, 0.2) is 51.8 Å². The molecule has 0 unspecified atom stereocenters. The molecule has 0 amide bonds. The lowest BCUT2D eigenvalue weighted by atomic mass is 9.87. The van der Waals surface area contributed by atoms with Gasteiger partial charge in [-0.3, -0.25) is 0 Å². The van der Waals surface area contributed by atoms with E-state index in [1.807, 2.05) is 30.3 Å². The maximum Gasteiger partial charge on any atom is 0.243 e. The summed E-state index contributed by atoms with van der Waals surface area (Å²) in [5, 5.41) is 4.36. The van der Waals surface area contributed by atoms with E-state index in [0.717, 1.165) is 16.5 Å². The number of hydrogen-bond donors (Lipinski definition) is 1. The van der Waals surface area contributed by atoms with E-state index in [-0.39, 0.29) is 5.41 Å². The van der Waals surface area contributed by atoms with E-state index in [2.05, 4.69) is 19.2 Å². The molecule has 1 aliphatic rings. The first-order chi connectivity index (χ1) is 12.7. The van der Waals surface area contributed by atoms with Crippen molar-refractivity contribution in [1.82, 2.24) is 4.31 Å². The van der Waals surface area contributed by atoms with Gasteiger partial charge in [-0.05, 0) is 40.8 Å². The highest BCUT2D eigenvalue weighted by Crippen LogP contribution is 2.36. The van der Waals surface area contributed by atoms with Crippen molar-refractivity contribution in [3.05, 3.63) is 47.5 Å². The SMILES string of the molecule is CNc1cc2cc(-c3ccc(S(=O)(=O)N4CC(C)(C)C4)cc3)cc(Cl)c2o1. The molecule has 1 fully saturated rings. The zero-order valence-corrected chi connectivity index (χ0v) is 17.0. The predicted octanol–water partition coefficient (Wildman–Crippen LogP) is 4.83. The van der Waals surface area contributed by atoms with Crippen molar-refractivity contribution in [1.29, 1.82) is 0 Å². The lowest BCUT2D eigenvalue weighted by Gasteiger charge is -2.44. The van der Waals surface area contributed by atoms with Crippen LogP contribution in [-0.4, -0.2) is 32.9 Å². The van der Waals surface area contributed by atoms with Gasteiger partial charge in [0, 0.05) is 31.6 Å². The molecule has 0 saturated carbocycles. The van der Waals surface area contributed by atoms with Crippen LogP contribution in [0.1, 0.15) is 13.8 Å². The Morgan fingerprint density at radius 1 is 1.07 bits per heavy atom. The number of halogens is 1. The van der Waals surface area contributed by atoms with Crippen molar-refractivity contribution in [3.8, 4) is 11.1 Å². The molecule has 3 aromatic rings. The Bertz CT molecular complexity index is 1110. The van der Waals surface area contributed by atoms with Gasteiger partial charge in [0.1, 0.15) is 0 Å². The minimum absolute atomic E-state index is 0.0516. The van der Waals surface area contributed by atoms with E-state index >= 15 is 0 Å². The van der Waals surface area contributed by atoms with Crippen molar-refractivity contribution in [2.45, 2.75) is 18.7 Å². The molecule has 142 valence electrons. The zero-order chi connectivity index (χ0) is 19.4. The van der Waals surface area contributed by atoms with Crippen LogP contribution in [0.25, 0.3) is 22.1 Å². The maximum atomic E-state index is 12.7. The van der Waals surface area contributed by atoms with Gasteiger partial charge in [-0.15, -0.1) is 0 Å². The van der Waals surface area contributed by atoms with Crippen molar-refractivity contribution >= 4 is 38.5 Å². The Labute approximate surface area is 164 Å². The van der Waals surface area contributed by atoms with E-state index in [4.69, 9.17) is 16.0 Å². The Kier molecular flexibility index (Phi) is 4.25. The molecule has 2 heterocycles. The van der Waals surface area contributed by atoms with Crippen LogP contribution < -0.4 is 5.32 Å². The Hall–Kier alpha value is -2.02. The molecule has 0 bridgehead atoms. The molecule has 0 atom stereocenters. The summed E-state index contributed by atoms with van der Waals surface area (Å²) in [4.78, 5) is 0.315. The van der Waals surface area contributed by atoms with Crippen molar-refractivity contribution < 1.29 is 12.8 Å². The summed E-state index contributed by atoms with van der Waals surface area (Å²) < 4.78 is 32.6. The smallest absolute Gasteiger partial charge is 0.243 e. The zero-order valence-electron chi connectivity index (χ0n) is 15.4. The van der Waals surface area contributed by atoms with E-state index in [0.29, 0.717) is 34.5 Å². The molecule has 27 heavy (non-hydrogen) atoms. The van der Waals surface area contributed by atoms with Crippen LogP contribution in [0.3, 0.4) is 0 Å². The van der Waals surface area contributed by atoms with Crippen molar-refractivity contribution in [2.75, 3.05) is 25.5 Å². The molecule has 1 aliphatic heterocycles. The van der Waals surface area contributed by atoms with Gasteiger partial charge in [0.05, 0.1) is 9.92 Å². The Morgan fingerprint density at radius 2 is 1.74 bits per heavy atom. The van der Waals surface area contributed by atoms with Gasteiger partial charge in [0.2, 0.25) is 10.0 Å². The summed E-state index contributed by atoms with van der Waals surface area (Å²) in [6.07, 6.45) is 0. The van der Waals surface area contributed by atoms with Gasteiger partial charge in [0.25, 0.3) is 0 Å². The average molecular weight is 405 g/mol. The molecule has 1 aromatic heterocycles. The third-order valence-electron chi connectivity index (χ3n) is 4.85. The molecule has 7 heteroatoms. The molecule has 1 saturated heterocycles. The molecular weight excluding hydrogens is 384 g/mol. The predicted molar refractivity (Wildman–Crippen MR) is 109 cm³/mol. The molecule has 4 rings (SSSR count). The quantitative estimate of drug-likeness (QED) is 0.676. The fourth-order valence-corrected chi connectivity index (χ4v) is 5.53. The van der Waals surface area contributed by atoms with Crippen molar-refractivity contribution in [3.63, 3.8) is 0 Å². The number of rotatable bonds is 4. The number of nitrogens with zero attached hydrogens (tertiary/aromatic N) is 1. The standard InChI is InChI=1S/C20H21ClN2O3S/c1-20(2)11-23(12-20)27(24,25)16-6-4-13(5-7-16)14-8-15-10-18(22-3)26-19(15)17(21)9-14/h4-10,22H,11-12H2,1-3H3. The lowest BCUT2D eigenvalue weighted by molar-refractivity contribution is 0.111. The first-order valence-electron chi connectivity index (χ1n) is 8.71. The van der Waals surface area contributed by atoms with Crippen LogP contribution in [0.5, 0.6) is 0 Å². The highest BCUT2D eigenvalue weighted by Gasteiger charge is 2.41. The molecular formula is C20H21ClN2O3S. The topological polar surface area (TPSA) is 62.6 Å². The molecule has 1 N–H and O–H groups in total. The Balaban J connectivity index is 1.65. The Morgan fingerprint density at radius 3 is 2.33 bits per heavy atom. The normalized spacial score (nSPS) is 17.0. The monoisotopic (exact) mass is 404 g/mol. The second-order valence-electron chi connectivity index (χ2n) is 7.70. The van der Waals surface area contributed by atoms with E-state index in [1.54, 1.807) is 19.2 Å². The van der Waals surface area contributed by atoms with E-state index in [9.17, 15) is 8.42 Å². The summed E-state index contributed by atoms with van der Waals surface area (Å²) in [5.74, 6) is 0.642. The van der Waals surface area contributed by atoms with Crippen LogP contribution >= 0.6 is 11.6 Å². The molecule has 5 nitrogen and oxygen atoms in total. The highest BCUT2D eigenvalue weighted by molar-refractivity contribution is 7.89. The first kappa shape index (κ1) is 18.3. The third-order valence-corrected chi connectivity index (χ3v) is 6.94. The fraction of sp³-hybridized carbons (Fsp3) is 0.300. The van der Waals surface area contributed by atoms with Gasteiger partial charge in [-0.2, -0.15) is 4.31 Å². The minimum atomic E-state index is -3.43. The van der Waals surface area contributed by atoms with Gasteiger partial charge in [-0.25, -0.2) is 8.42 Å². The molecule has 0 spiro atoms. The van der Waals surface area contributed by atoms with Crippen LogP contribution in [0.4, 0.5) is 5.88 Å². The van der Waals surface area contributed by atoms with E-state index < -0.39 is 10.0 Å². The van der Waals surface area contributed by atoms with Crippen LogP contribution in [0, 0.1) is 5.41 Å². The summed E-state index contributed by atoms with van der Waals surface area (Å²) in [6.45, 7) is 5.24. The summed E-state index contributed by atoms with van der Waals surface area (Å²) >= 11 is 6.36. The summed E-state index contributed by atoms with van der Waals surface area (Å²) in [5.41, 5.74) is 2.49. The van der Waals surface area contributed by atoms with Gasteiger partial charge < -0.3 is 9.73 Å². The molecule has 2 aromatic carbocycles. The number of hydrogen-bond acceptors (Lipinski definition) is 4. The van der Waals surface area contributed by atoms with Gasteiger partial charge in [0.15, 0.2) is 11.5 Å². The van der Waals surface area contributed by atoms with Crippen LogP contribution in [0.2, 0.25) is 5.02 Å². The maximum absolute atomic E-state index is 12.7. The highest BCUT2D eigenvalue weighted by atomic mass is 35.5. The van der Waals surface area contributed by atoms with Crippen molar-refractivity contribution in [2.24, 2.45) is 5.41 Å². The number of furan rings is 1. The number of sulfonamides is 1. The first-order valence-corrected chi connectivity index (χ1v) is 10.5. The number of benzene rings is 2. The minimum Gasteiger partial charge on any atom is -0.439 e. The average Bonchev–Trinajstić information content (AvgIpc) is 3.03. The van der Waals surface area contributed by atoms with E-state index in [1.165, 1.54) is 4.31 Å². The lowest BCUT2D eigenvalue weighted by Crippen LogP contribution is -2.55. The number of nitrogens with one attached hydrogen (secondary N) is 1. The molecule has 0 radical (unpaired) electrons. The fourth-order valence-electron chi connectivity index (χ4n) is 3.45. The third kappa shape index (κ3) is 3.22. The summed E-state index contributed by atoms with van der Waals surface area (Å²) in [7, 11) is -1.65. The largest absolute Gasteiger partial charge is 0.439 e. The van der Waals surface area contributed by atoms with Gasteiger partial charge in [-0.1, -0.05) is 37.6 Å². The summed E-state index contributed by atoms with van der Waals surface area (Å²) in [6, 6.07) is 12.6. The van der Waals surface area contributed by atoms with Gasteiger partial charge >= 0.3 is 0 Å². The second kappa shape index (κ2) is 6.26. The number of anilines is 1. The van der Waals surface area contributed by atoms with Crippen LogP contribution in [-0.2, 0) is 10.0 Å². The second-order valence-corrected chi connectivity index (χ2v) is 10.0. The molecule has 0 aliphatic carbocycles.